The van der Waals surface area contributed by atoms with Crippen molar-refractivity contribution in [3.63, 3.8) is 0 Å². The van der Waals surface area contributed by atoms with Crippen LogP contribution in [0, 0.1) is 0 Å². The third kappa shape index (κ3) is 6.46. The third-order valence-corrected chi connectivity index (χ3v) is 6.43. The van der Waals surface area contributed by atoms with Crippen LogP contribution in [-0.2, 0) is 6.42 Å². The predicted octanol–water partition coefficient (Wildman–Crippen LogP) is 4.42. The zero-order valence-corrected chi connectivity index (χ0v) is 20.0. The Morgan fingerprint density at radius 2 is 1.53 bits per heavy atom. The summed E-state index contributed by atoms with van der Waals surface area (Å²) in [5.41, 5.74) is 3.12. The van der Waals surface area contributed by atoms with Crippen molar-refractivity contribution in [1.82, 2.24) is 15.1 Å². The molecule has 1 unspecified atom stereocenters. The predicted molar refractivity (Wildman–Crippen MR) is 137 cm³/mol. The molecule has 1 N–H and O–H groups in total. The van der Waals surface area contributed by atoms with Gasteiger partial charge in [-0.15, -0.1) is 0 Å². The van der Waals surface area contributed by atoms with E-state index in [4.69, 9.17) is 4.74 Å². The van der Waals surface area contributed by atoms with Gasteiger partial charge in [-0.3, -0.25) is 9.69 Å². The molecular formula is C29H35N3O2. The molecule has 1 saturated heterocycles. The van der Waals surface area contributed by atoms with E-state index < -0.39 is 0 Å². The molecule has 5 nitrogen and oxygen atoms in total. The van der Waals surface area contributed by atoms with Crippen LogP contribution in [0.3, 0.4) is 0 Å². The fourth-order valence-corrected chi connectivity index (χ4v) is 4.41. The Kier molecular flexibility index (Phi) is 8.71. The maximum atomic E-state index is 13.5. The van der Waals surface area contributed by atoms with Crippen LogP contribution in [-0.4, -0.2) is 62.0 Å². The molecule has 3 aromatic rings. The van der Waals surface area contributed by atoms with E-state index in [-0.39, 0.29) is 12.0 Å². The lowest BCUT2D eigenvalue weighted by molar-refractivity contribution is 0.0631. The highest BCUT2D eigenvalue weighted by Crippen LogP contribution is 2.28. The summed E-state index contributed by atoms with van der Waals surface area (Å²) in [7, 11) is 1.94. The van der Waals surface area contributed by atoms with Crippen molar-refractivity contribution < 1.29 is 9.53 Å². The van der Waals surface area contributed by atoms with E-state index in [0.29, 0.717) is 11.3 Å². The lowest BCUT2D eigenvalue weighted by Crippen LogP contribution is -2.49. The van der Waals surface area contributed by atoms with Gasteiger partial charge in [-0.05, 0) is 43.3 Å². The number of para-hydroxylation sites is 1. The highest BCUT2D eigenvalue weighted by Gasteiger charge is 2.25. The molecule has 178 valence electrons. The Morgan fingerprint density at radius 3 is 2.24 bits per heavy atom. The molecule has 1 aliphatic rings. The zero-order chi connectivity index (χ0) is 23.6. The van der Waals surface area contributed by atoms with E-state index in [2.05, 4.69) is 52.7 Å². The molecule has 1 fully saturated rings. The number of hydrogen-bond acceptors (Lipinski definition) is 4. The molecule has 1 aliphatic heterocycles. The first-order valence-corrected chi connectivity index (χ1v) is 12.3. The molecule has 1 amide bonds. The number of nitrogens with zero attached hydrogens (tertiary/aromatic N) is 2. The highest BCUT2D eigenvalue weighted by atomic mass is 16.5. The van der Waals surface area contributed by atoms with Gasteiger partial charge in [-0.1, -0.05) is 72.8 Å². The van der Waals surface area contributed by atoms with E-state index in [9.17, 15) is 4.79 Å². The largest absolute Gasteiger partial charge is 0.485 e. The summed E-state index contributed by atoms with van der Waals surface area (Å²) in [6, 6.07) is 28.5. The van der Waals surface area contributed by atoms with Crippen molar-refractivity contribution in [3.05, 3.63) is 102 Å². The number of carbonyl (C=O) groups is 1. The summed E-state index contributed by atoms with van der Waals surface area (Å²) < 4.78 is 6.46. The minimum Gasteiger partial charge on any atom is -0.485 e. The highest BCUT2D eigenvalue weighted by molar-refractivity contribution is 5.97. The Hall–Kier alpha value is -3.15. The summed E-state index contributed by atoms with van der Waals surface area (Å²) in [5.74, 6) is 0.711. The van der Waals surface area contributed by atoms with Gasteiger partial charge in [-0.25, -0.2) is 0 Å². The van der Waals surface area contributed by atoms with Gasteiger partial charge in [0, 0.05) is 39.1 Å². The summed E-state index contributed by atoms with van der Waals surface area (Å²) >= 11 is 0. The van der Waals surface area contributed by atoms with Crippen molar-refractivity contribution >= 4 is 5.91 Å². The van der Waals surface area contributed by atoms with Crippen LogP contribution in [0.1, 0.15) is 34.0 Å². The minimum atomic E-state index is -0.113. The Labute approximate surface area is 203 Å². The normalized spacial score (nSPS) is 15.1. The van der Waals surface area contributed by atoms with Crippen molar-refractivity contribution in [1.29, 1.82) is 0 Å². The van der Waals surface area contributed by atoms with Gasteiger partial charge in [0.05, 0.1) is 5.56 Å². The molecule has 0 saturated carbocycles. The molecule has 0 radical (unpaired) electrons. The summed E-state index contributed by atoms with van der Waals surface area (Å²) in [6.07, 6.45) is 1.75. The fraction of sp³-hybridized carbons (Fsp3) is 0.345. The first-order valence-electron chi connectivity index (χ1n) is 12.3. The van der Waals surface area contributed by atoms with Crippen molar-refractivity contribution in [2.24, 2.45) is 0 Å². The molecule has 1 heterocycles. The second-order valence-corrected chi connectivity index (χ2v) is 8.78. The van der Waals surface area contributed by atoms with Gasteiger partial charge in [0.1, 0.15) is 11.9 Å². The molecule has 3 aromatic carbocycles. The summed E-state index contributed by atoms with van der Waals surface area (Å²) in [5, 5.41) is 3.21. The summed E-state index contributed by atoms with van der Waals surface area (Å²) in [6.45, 7) is 5.14. The average molecular weight is 458 g/mol. The van der Waals surface area contributed by atoms with E-state index in [1.807, 2.05) is 54.4 Å². The maximum Gasteiger partial charge on any atom is 0.257 e. The van der Waals surface area contributed by atoms with Gasteiger partial charge in [0.25, 0.3) is 5.91 Å². The van der Waals surface area contributed by atoms with E-state index in [0.717, 1.165) is 57.7 Å². The lowest BCUT2D eigenvalue weighted by Gasteiger charge is -2.35. The van der Waals surface area contributed by atoms with Crippen LogP contribution in [0.5, 0.6) is 5.75 Å². The topological polar surface area (TPSA) is 44.8 Å². The van der Waals surface area contributed by atoms with Crippen molar-refractivity contribution in [2.45, 2.75) is 18.9 Å². The number of carbonyl (C=O) groups excluding carboxylic acids is 1. The number of amides is 1. The van der Waals surface area contributed by atoms with E-state index in [1.54, 1.807) is 0 Å². The van der Waals surface area contributed by atoms with Crippen molar-refractivity contribution in [2.75, 3.05) is 46.3 Å². The molecule has 0 spiro atoms. The quantitative estimate of drug-likeness (QED) is 0.490. The standard InChI is InChI=1S/C29H35N3O2/c1-30-18-16-27(25-12-6-3-7-13-25)34-28-15-9-8-14-26(28)29(33)32-22-20-31(21-23-32)19-17-24-10-4-2-5-11-24/h2-15,27,30H,16-23H2,1H3. The Bertz CT molecular complexity index is 1020. The number of benzene rings is 3. The number of ether oxygens (including phenoxy) is 1. The number of piperazine rings is 1. The molecule has 1 atom stereocenters. The maximum absolute atomic E-state index is 13.5. The van der Waals surface area contributed by atoms with Crippen LogP contribution in [0.2, 0.25) is 0 Å². The minimum absolute atomic E-state index is 0.0544. The average Bonchev–Trinajstić information content (AvgIpc) is 2.91. The molecular weight excluding hydrogens is 422 g/mol. The molecule has 4 rings (SSSR count). The zero-order valence-electron chi connectivity index (χ0n) is 20.0. The molecule has 0 aliphatic carbocycles. The van der Waals surface area contributed by atoms with Crippen LogP contribution < -0.4 is 10.1 Å². The van der Waals surface area contributed by atoms with E-state index >= 15 is 0 Å². The SMILES string of the molecule is CNCCC(Oc1ccccc1C(=O)N1CCN(CCc2ccccc2)CC1)c1ccccc1. The Balaban J connectivity index is 1.38. The van der Waals surface area contributed by atoms with Crippen LogP contribution >= 0.6 is 0 Å². The van der Waals surface area contributed by atoms with Crippen molar-refractivity contribution in [3.8, 4) is 5.75 Å². The fourth-order valence-electron chi connectivity index (χ4n) is 4.41. The van der Waals surface area contributed by atoms with Crippen LogP contribution in [0.4, 0.5) is 0 Å². The number of rotatable bonds is 10. The second-order valence-electron chi connectivity index (χ2n) is 8.78. The van der Waals surface area contributed by atoms with Gasteiger partial charge in [0.2, 0.25) is 0 Å². The first-order chi connectivity index (χ1) is 16.7. The first kappa shape index (κ1) is 24.0. The van der Waals surface area contributed by atoms with Gasteiger partial charge in [-0.2, -0.15) is 0 Å². The number of hydrogen-bond donors (Lipinski definition) is 1. The third-order valence-electron chi connectivity index (χ3n) is 6.43. The lowest BCUT2D eigenvalue weighted by atomic mass is 10.1. The molecule has 0 bridgehead atoms. The van der Waals surface area contributed by atoms with Crippen LogP contribution in [0.25, 0.3) is 0 Å². The number of nitrogens with one attached hydrogen (secondary N) is 1. The smallest absolute Gasteiger partial charge is 0.257 e. The van der Waals surface area contributed by atoms with Gasteiger partial charge >= 0.3 is 0 Å². The molecule has 5 heteroatoms. The summed E-state index contributed by atoms with van der Waals surface area (Å²) in [4.78, 5) is 17.9. The monoisotopic (exact) mass is 457 g/mol. The molecule has 34 heavy (non-hydrogen) atoms. The van der Waals surface area contributed by atoms with Crippen LogP contribution in [0.15, 0.2) is 84.9 Å². The van der Waals surface area contributed by atoms with Gasteiger partial charge in [0.15, 0.2) is 0 Å². The Morgan fingerprint density at radius 1 is 0.882 bits per heavy atom. The van der Waals surface area contributed by atoms with E-state index in [1.165, 1.54) is 5.56 Å². The second kappa shape index (κ2) is 12.4. The van der Waals surface area contributed by atoms with Gasteiger partial charge < -0.3 is 15.0 Å². The molecule has 0 aromatic heterocycles.